The van der Waals surface area contributed by atoms with Crippen LogP contribution in [-0.4, -0.2) is 46.1 Å². The van der Waals surface area contributed by atoms with Gasteiger partial charge in [0.2, 0.25) is 0 Å². The molecule has 0 saturated heterocycles. The molecule has 8 heteroatoms. The van der Waals surface area contributed by atoms with Crippen molar-refractivity contribution in [3.05, 3.63) is 100 Å². The second-order valence-corrected chi connectivity index (χ2v) is 10.5. The Bertz CT molecular complexity index is 1480. The maximum absolute atomic E-state index is 15.6. The highest BCUT2D eigenvalue weighted by Gasteiger charge is 2.31. The van der Waals surface area contributed by atoms with Gasteiger partial charge in [0.05, 0.1) is 17.2 Å². The number of aliphatic imine (C=N–C) groups is 2. The van der Waals surface area contributed by atoms with Crippen LogP contribution in [0.15, 0.2) is 87.9 Å². The summed E-state index contributed by atoms with van der Waals surface area (Å²) in [5, 5.41) is 18.6. The Hall–Kier alpha value is -4.33. The molecule has 5 rings (SSSR count). The Balaban J connectivity index is 1.38. The predicted octanol–water partition coefficient (Wildman–Crippen LogP) is 6.24. The predicted molar refractivity (Wildman–Crippen MR) is 147 cm³/mol. The van der Waals surface area contributed by atoms with Gasteiger partial charge in [0.1, 0.15) is 11.9 Å². The molecule has 3 unspecified atom stereocenters. The molecule has 7 nitrogen and oxygen atoms in total. The molecular formula is C31H29FN2O5. The third kappa shape index (κ3) is 5.60. The van der Waals surface area contributed by atoms with E-state index in [9.17, 15) is 19.8 Å². The van der Waals surface area contributed by atoms with Crippen LogP contribution >= 0.6 is 0 Å². The van der Waals surface area contributed by atoms with Crippen molar-refractivity contribution in [2.45, 2.75) is 57.2 Å². The number of rotatable bonds is 5. The van der Waals surface area contributed by atoms with Crippen LogP contribution in [0.5, 0.6) is 5.75 Å². The zero-order chi connectivity index (χ0) is 27.7. The van der Waals surface area contributed by atoms with Crippen LogP contribution in [0, 0.1) is 6.92 Å². The molecule has 0 spiro atoms. The number of alkyl halides is 1. The number of ether oxygens (including phenoxy) is 1. The molecule has 200 valence electrons. The van der Waals surface area contributed by atoms with Crippen molar-refractivity contribution in [3.8, 4) is 5.75 Å². The number of benzene rings is 2. The van der Waals surface area contributed by atoms with Crippen molar-refractivity contribution >= 4 is 23.7 Å². The van der Waals surface area contributed by atoms with Crippen LogP contribution in [0.4, 0.5) is 4.39 Å². The Morgan fingerprint density at radius 1 is 1.05 bits per heavy atom. The summed E-state index contributed by atoms with van der Waals surface area (Å²) >= 11 is 0. The molecule has 0 amide bonds. The molecule has 2 aromatic rings. The number of carbonyl (C=O) groups is 2. The van der Waals surface area contributed by atoms with Crippen LogP contribution in [0.2, 0.25) is 0 Å². The van der Waals surface area contributed by atoms with Crippen LogP contribution in [0.25, 0.3) is 0 Å². The van der Waals surface area contributed by atoms with Gasteiger partial charge >= 0.3 is 18.0 Å². The summed E-state index contributed by atoms with van der Waals surface area (Å²) in [6.07, 6.45) is 8.64. The second kappa shape index (κ2) is 10.4. The fraction of sp³-hybridized carbons (Fsp3) is 0.290. The lowest BCUT2D eigenvalue weighted by Gasteiger charge is -2.27. The molecule has 2 bridgehead atoms. The molecule has 1 heterocycles. The van der Waals surface area contributed by atoms with Crippen LogP contribution in [-0.2, 0) is 5.41 Å². The number of amidine groups is 1. The molecule has 0 radical (unpaired) electrons. The number of hydrogen-bond acceptors (Lipinski definition) is 5. The van der Waals surface area contributed by atoms with Gasteiger partial charge in [-0.05, 0) is 71.7 Å². The number of nitrogens with zero attached hydrogens (tertiary/aromatic N) is 2. The van der Waals surface area contributed by atoms with E-state index in [1.165, 1.54) is 6.07 Å². The van der Waals surface area contributed by atoms with Gasteiger partial charge in [0, 0.05) is 18.6 Å². The first kappa shape index (κ1) is 26.3. The summed E-state index contributed by atoms with van der Waals surface area (Å²) in [6.45, 7) is 3.83. The summed E-state index contributed by atoms with van der Waals surface area (Å²) in [5.41, 5.74) is 3.80. The molecule has 2 N–H and O–H groups in total. The largest absolute Gasteiger partial charge is 0.478 e. The first-order valence-electron chi connectivity index (χ1n) is 12.8. The lowest BCUT2D eigenvalue weighted by molar-refractivity contribution is 0.0685. The quantitative estimate of drug-likeness (QED) is 0.477. The summed E-state index contributed by atoms with van der Waals surface area (Å²) in [7, 11) is 0. The highest BCUT2D eigenvalue weighted by molar-refractivity contribution is 5.99. The van der Waals surface area contributed by atoms with E-state index in [1.807, 2.05) is 36.4 Å². The topological polar surface area (TPSA) is 109 Å². The minimum absolute atomic E-state index is 0.0916. The Kier molecular flexibility index (Phi) is 7.04. The summed E-state index contributed by atoms with van der Waals surface area (Å²) in [6, 6.07) is 11.4. The van der Waals surface area contributed by atoms with Crippen molar-refractivity contribution in [2.75, 3.05) is 0 Å². The first-order valence-corrected chi connectivity index (χ1v) is 12.8. The summed E-state index contributed by atoms with van der Waals surface area (Å²) in [5.74, 6) is -1.70. The molecule has 0 saturated carbocycles. The van der Waals surface area contributed by atoms with Gasteiger partial charge in [-0.1, -0.05) is 49.4 Å². The maximum atomic E-state index is 15.6. The Morgan fingerprint density at radius 3 is 2.54 bits per heavy atom. The van der Waals surface area contributed by atoms with Gasteiger partial charge in [-0.25, -0.2) is 24.0 Å². The molecule has 1 aliphatic heterocycles. The van der Waals surface area contributed by atoms with Gasteiger partial charge in [0.25, 0.3) is 0 Å². The lowest BCUT2D eigenvalue weighted by atomic mass is 9.77. The molecular weight excluding hydrogens is 499 g/mol. The van der Waals surface area contributed by atoms with Gasteiger partial charge in [-0.2, -0.15) is 0 Å². The van der Waals surface area contributed by atoms with E-state index < -0.39 is 18.1 Å². The fourth-order valence-corrected chi connectivity index (χ4v) is 5.22. The van der Waals surface area contributed by atoms with Crippen molar-refractivity contribution in [1.82, 2.24) is 0 Å². The van der Waals surface area contributed by atoms with Crippen LogP contribution < -0.4 is 4.74 Å². The number of hydrogen-bond donors (Lipinski definition) is 2. The molecule has 39 heavy (non-hydrogen) atoms. The first-order chi connectivity index (χ1) is 18.6. The highest BCUT2D eigenvalue weighted by atomic mass is 19.1. The summed E-state index contributed by atoms with van der Waals surface area (Å²) < 4.78 is 21.4. The van der Waals surface area contributed by atoms with Crippen LogP contribution in [0.1, 0.15) is 64.4 Å². The Morgan fingerprint density at radius 2 is 1.82 bits per heavy atom. The van der Waals surface area contributed by atoms with E-state index >= 15 is 4.39 Å². The molecule has 0 aromatic heterocycles. The van der Waals surface area contributed by atoms with Crippen LogP contribution in [0.3, 0.4) is 0 Å². The van der Waals surface area contributed by atoms with Gasteiger partial charge in [0.15, 0.2) is 0 Å². The number of allylic oxidation sites excluding steroid dienone is 5. The van der Waals surface area contributed by atoms with Crippen molar-refractivity contribution in [2.24, 2.45) is 9.98 Å². The number of aromatic carboxylic acids is 2. The van der Waals surface area contributed by atoms with Gasteiger partial charge < -0.3 is 14.9 Å². The third-order valence-electron chi connectivity index (χ3n) is 7.55. The molecule has 3 aliphatic rings. The number of aryl methyl sites for hydroxylation is 1. The van der Waals surface area contributed by atoms with E-state index in [-0.39, 0.29) is 35.0 Å². The van der Waals surface area contributed by atoms with Crippen molar-refractivity contribution < 1.29 is 28.9 Å². The van der Waals surface area contributed by atoms with E-state index in [2.05, 4.69) is 16.9 Å². The molecule has 3 atom stereocenters. The van der Waals surface area contributed by atoms with E-state index in [0.29, 0.717) is 35.4 Å². The average Bonchev–Trinajstić information content (AvgIpc) is 3.16. The Labute approximate surface area is 225 Å². The zero-order valence-electron chi connectivity index (χ0n) is 21.7. The average molecular weight is 529 g/mol. The van der Waals surface area contributed by atoms with E-state index in [4.69, 9.17) is 4.74 Å². The SMILES string of the molecule is Cc1ccc(OC2=NC3C=C(C4=CCC(C)(c5ccc(C(=O)O)cc5)CC=C4)C(F)CC(=N2)C3)cc1C(=O)O. The fourth-order valence-electron chi connectivity index (χ4n) is 5.22. The van der Waals surface area contributed by atoms with Gasteiger partial charge in [-0.3, -0.25) is 0 Å². The normalized spacial score (nSPS) is 24.4. The highest BCUT2D eigenvalue weighted by Crippen LogP contribution is 2.38. The summed E-state index contributed by atoms with van der Waals surface area (Å²) in [4.78, 5) is 31.7. The van der Waals surface area contributed by atoms with Gasteiger partial charge in [-0.15, -0.1) is 0 Å². The lowest BCUT2D eigenvalue weighted by Crippen LogP contribution is -2.22. The maximum Gasteiger partial charge on any atom is 0.336 e. The number of carboxylic acid groups (broad SMARTS) is 2. The number of halogens is 1. The minimum atomic E-state index is -1.25. The number of carboxylic acids is 2. The molecule has 2 aromatic carbocycles. The van der Waals surface area contributed by atoms with E-state index in [0.717, 1.165) is 17.6 Å². The molecule has 0 fully saturated rings. The van der Waals surface area contributed by atoms with Crippen molar-refractivity contribution in [1.29, 1.82) is 0 Å². The minimum Gasteiger partial charge on any atom is -0.478 e. The van der Waals surface area contributed by atoms with E-state index in [1.54, 1.807) is 31.2 Å². The zero-order valence-corrected chi connectivity index (χ0v) is 21.7. The smallest absolute Gasteiger partial charge is 0.336 e. The molecule has 2 aliphatic carbocycles. The number of fused-ring (bicyclic) bond motifs is 2. The standard InChI is InChI=1S/C31H29FN2O5/c1-18-5-10-24(17-25(18)29(37)38)39-30-33-22-14-23(34-30)16-27(32)26(15-22)19-4-3-12-31(2,13-11-19)21-8-6-20(7-9-21)28(35)36/h3-11,15,17,22,27H,12-14,16H2,1-2H3,(H,35,36)(H,37,38). The third-order valence-corrected chi connectivity index (χ3v) is 7.55. The van der Waals surface area contributed by atoms with Crippen molar-refractivity contribution in [3.63, 3.8) is 0 Å². The monoisotopic (exact) mass is 528 g/mol. The second-order valence-electron chi connectivity index (χ2n) is 10.5.